The quantitative estimate of drug-likeness (QED) is 0.913. The van der Waals surface area contributed by atoms with Crippen molar-refractivity contribution in [2.45, 2.75) is 19.6 Å². The molecule has 5 nitrogen and oxygen atoms in total. The molecule has 0 spiro atoms. The Bertz CT molecular complexity index is 475. The van der Waals surface area contributed by atoms with Crippen LogP contribution in [0.5, 0.6) is 5.75 Å². The van der Waals surface area contributed by atoms with Crippen molar-refractivity contribution in [1.29, 1.82) is 0 Å². The molecule has 1 fully saturated rings. The minimum absolute atomic E-state index is 0.0359. The van der Waals surface area contributed by atoms with E-state index in [0.29, 0.717) is 43.6 Å². The lowest BCUT2D eigenvalue weighted by Crippen LogP contribution is -2.46. The van der Waals surface area contributed by atoms with E-state index in [2.05, 4.69) is 0 Å². The fourth-order valence-electron chi connectivity index (χ4n) is 2.10. The fourth-order valence-corrected chi connectivity index (χ4v) is 2.30. The molecule has 20 heavy (non-hydrogen) atoms. The number of rotatable bonds is 4. The van der Waals surface area contributed by atoms with Crippen LogP contribution >= 0.6 is 11.6 Å². The van der Waals surface area contributed by atoms with Crippen LogP contribution in [0.4, 0.5) is 0 Å². The number of morpholine rings is 1. The molecule has 0 aromatic heterocycles. The molecular weight excluding hydrogens is 280 g/mol. The summed E-state index contributed by atoms with van der Waals surface area (Å²) in [6, 6.07) is 5.22. The molecule has 0 aliphatic carbocycles. The number of ether oxygens (including phenoxy) is 2. The number of hydrogen-bond acceptors (Lipinski definition) is 4. The molecule has 2 N–H and O–H groups in total. The molecule has 1 unspecified atom stereocenters. The van der Waals surface area contributed by atoms with Crippen molar-refractivity contribution in [3.63, 3.8) is 0 Å². The topological polar surface area (TPSA) is 64.8 Å². The highest BCUT2D eigenvalue weighted by molar-refractivity contribution is 6.30. The molecule has 1 aromatic rings. The Morgan fingerprint density at radius 1 is 1.50 bits per heavy atom. The highest BCUT2D eigenvalue weighted by Crippen LogP contribution is 2.23. The van der Waals surface area contributed by atoms with E-state index in [9.17, 15) is 4.79 Å². The van der Waals surface area contributed by atoms with Crippen molar-refractivity contribution >= 4 is 17.5 Å². The lowest BCUT2D eigenvalue weighted by Gasteiger charge is -2.29. The highest BCUT2D eigenvalue weighted by atomic mass is 35.5. The van der Waals surface area contributed by atoms with Crippen molar-refractivity contribution in [3.05, 3.63) is 28.8 Å². The van der Waals surface area contributed by atoms with Gasteiger partial charge in [0.05, 0.1) is 13.2 Å². The van der Waals surface area contributed by atoms with Gasteiger partial charge in [-0.1, -0.05) is 11.6 Å². The van der Waals surface area contributed by atoms with E-state index in [1.54, 1.807) is 30.0 Å². The van der Waals surface area contributed by atoms with Crippen LogP contribution < -0.4 is 10.5 Å². The third-order valence-corrected chi connectivity index (χ3v) is 3.45. The summed E-state index contributed by atoms with van der Waals surface area (Å²) in [6.45, 7) is 4.43. The van der Waals surface area contributed by atoms with Gasteiger partial charge in [-0.15, -0.1) is 0 Å². The van der Waals surface area contributed by atoms with Crippen molar-refractivity contribution in [2.24, 2.45) is 5.73 Å². The molecule has 1 aliphatic rings. The van der Waals surface area contributed by atoms with Gasteiger partial charge >= 0.3 is 0 Å². The van der Waals surface area contributed by atoms with E-state index in [0.717, 1.165) is 5.56 Å². The molecule has 0 saturated carbocycles. The summed E-state index contributed by atoms with van der Waals surface area (Å²) in [5.41, 5.74) is 6.45. The Labute approximate surface area is 123 Å². The average Bonchev–Trinajstić information content (AvgIpc) is 2.49. The van der Waals surface area contributed by atoms with E-state index >= 15 is 0 Å². The summed E-state index contributed by atoms with van der Waals surface area (Å²) in [7, 11) is 0. The predicted molar refractivity (Wildman–Crippen MR) is 76.8 cm³/mol. The van der Waals surface area contributed by atoms with Gasteiger partial charge < -0.3 is 20.1 Å². The van der Waals surface area contributed by atoms with Crippen molar-refractivity contribution in [2.75, 3.05) is 26.3 Å². The average molecular weight is 299 g/mol. The lowest BCUT2D eigenvalue weighted by molar-refractivity contribution is -0.142. The Morgan fingerprint density at radius 3 is 2.85 bits per heavy atom. The van der Waals surface area contributed by atoms with Crippen LogP contribution in [0.2, 0.25) is 5.02 Å². The molecule has 6 heteroatoms. The van der Waals surface area contributed by atoms with Gasteiger partial charge in [-0.3, -0.25) is 4.79 Å². The van der Waals surface area contributed by atoms with Gasteiger partial charge in [0.25, 0.3) is 5.91 Å². The van der Waals surface area contributed by atoms with Gasteiger partial charge in [-0.05, 0) is 25.1 Å². The smallest absolute Gasteiger partial charge is 0.263 e. The summed E-state index contributed by atoms with van der Waals surface area (Å²) in [4.78, 5) is 14.0. The minimum Gasteiger partial charge on any atom is -0.481 e. The largest absolute Gasteiger partial charge is 0.481 e. The third-order valence-electron chi connectivity index (χ3n) is 3.22. The van der Waals surface area contributed by atoms with Crippen molar-refractivity contribution < 1.29 is 14.3 Å². The summed E-state index contributed by atoms with van der Waals surface area (Å²) in [5.74, 6) is 0.567. The van der Waals surface area contributed by atoms with Crippen LogP contribution in [0.3, 0.4) is 0 Å². The Hall–Kier alpha value is -1.30. The first kappa shape index (κ1) is 15.1. The maximum absolute atomic E-state index is 12.3. The summed E-state index contributed by atoms with van der Waals surface area (Å²) >= 11 is 5.92. The number of amides is 1. The number of nitrogens with two attached hydrogens (primary N) is 1. The van der Waals surface area contributed by atoms with Crippen molar-refractivity contribution in [1.82, 2.24) is 4.90 Å². The standard InChI is InChI=1S/C14H19ClN2O3/c1-10(14(18)17-4-6-19-7-5-17)20-13-3-2-12(15)8-11(13)9-16/h2-3,8,10H,4-7,9,16H2,1H3. The second-order valence-electron chi connectivity index (χ2n) is 4.65. The monoisotopic (exact) mass is 298 g/mol. The molecule has 1 aromatic carbocycles. The van der Waals surface area contributed by atoms with Gasteiger partial charge in [-0.25, -0.2) is 0 Å². The van der Waals surface area contributed by atoms with Gasteiger partial charge in [0, 0.05) is 30.2 Å². The molecular formula is C14H19ClN2O3. The fraction of sp³-hybridized carbons (Fsp3) is 0.500. The Kier molecular flexibility index (Phi) is 5.23. The Morgan fingerprint density at radius 2 is 2.20 bits per heavy atom. The number of benzene rings is 1. The first-order chi connectivity index (χ1) is 9.61. The highest BCUT2D eigenvalue weighted by Gasteiger charge is 2.24. The Balaban J connectivity index is 2.03. The minimum atomic E-state index is -0.556. The van der Waals surface area contributed by atoms with Crippen LogP contribution in [-0.4, -0.2) is 43.2 Å². The molecule has 0 bridgehead atoms. The SMILES string of the molecule is CC(Oc1ccc(Cl)cc1CN)C(=O)N1CCOCC1. The summed E-state index contributed by atoms with van der Waals surface area (Å²) in [6.07, 6.45) is -0.556. The molecule has 1 aliphatic heterocycles. The summed E-state index contributed by atoms with van der Waals surface area (Å²) in [5, 5.41) is 0.602. The van der Waals surface area contributed by atoms with E-state index < -0.39 is 6.10 Å². The number of halogens is 1. The molecule has 110 valence electrons. The summed E-state index contributed by atoms with van der Waals surface area (Å²) < 4.78 is 11.0. The number of carbonyl (C=O) groups excluding carboxylic acids is 1. The van der Waals surface area contributed by atoms with Crippen LogP contribution in [0, 0.1) is 0 Å². The zero-order valence-corrected chi connectivity index (χ0v) is 12.2. The van der Waals surface area contributed by atoms with Crippen LogP contribution in [0.25, 0.3) is 0 Å². The molecule has 1 atom stereocenters. The molecule has 1 amide bonds. The normalized spacial score (nSPS) is 16.9. The van der Waals surface area contributed by atoms with E-state index in [1.807, 2.05) is 0 Å². The van der Waals surface area contributed by atoms with Crippen LogP contribution in [-0.2, 0) is 16.1 Å². The van der Waals surface area contributed by atoms with E-state index in [-0.39, 0.29) is 5.91 Å². The number of carbonyl (C=O) groups is 1. The van der Waals surface area contributed by atoms with E-state index in [1.165, 1.54) is 0 Å². The second-order valence-corrected chi connectivity index (χ2v) is 5.09. The maximum atomic E-state index is 12.3. The molecule has 1 heterocycles. The van der Waals surface area contributed by atoms with Gasteiger partial charge in [0.2, 0.25) is 0 Å². The van der Waals surface area contributed by atoms with Gasteiger partial charge in [0.1, 0.15) is 5.75 Å². The second kappa shape index (κ2) is 6.92. The predicted octanol–water partition coefficient (Wildman–Crippen LogP) is 1.42. The molecule has 2 rings (SSSR count). The third kappa shape index (κ3) is 3.62. The lowest BCUT2D eigenvalue weighted by atomic mass is 10.2. The number of nitrogens with zero attached hydrogens (tertiary/aromatic N) is 1. The van der Waals surface area contributed by atoms with Gasteiger partial charge in [0.15, 0.2) is 6.10 Å². The van der Waals surface area contributed by atoms with Crippen LogP contribution in [0.1, 0.15) is 12.5 Å². The zero-order valence-electron chi connectivity index (χ0n) is 11.5. The van der Waals surface area contributed by atoms with Crippen molar-refractivity contribution in [3.8, 4) is 5.75 Å². The van der Waals surface area contributed by atoms with Gasteiger partial charge in [-0.2, -0.15) is 0 Å². The maximum Gasteiger partial charge on any atom is 0.263 e. The number of hydrogen-bond donors (Lipinski definition) is 1. The molecule has 1 saturated heterocycles. The first-order valence-corrected chi connectivity index (χ1v) is 7.01. The zero-order chi connectivity index (χ0) is 14.5. The van der Waals surface area contributed by atoms with E-state index in [4.69, 9.17) is 26.8 Å². The molecule has 0 radical (unpaired) electrons. The van der Waals surface area contributed by atoms with Crippen LogP contribution in [0.15, 0.2) is 18.2 Å². The first-order valence-electron chi connectivity index (χ1n) is 6.63.